The molecule has 2 N–H and O–H groups in total. The minimum atomic E-state index is -0.625. The second kappa shape index (κ2) is 19.5. The van der Waals surface area contributed by atoms with Gasteiger partial charge in [0, 0.05) is 12.8 Å². The van der Waals surface area contributed by atoms with Gasteiger partial charge in [0.2, 0.25) is 11.8 Å². The van der Waals surface area contributed by atoms with E-state index in [0.717, 1.165) is 0 Å². The Morgan fingerprint density at radius 1 is 0.588 bits per heavy atom. The number of nitrogens with one attached hydrogen (secondary N) is 2. The molecule has 51 heavy (non-hydrogen) atoms. The fourth-order valence-corrected chi connectivity index (χ4v) is 4.90. The molecule has 0 aliphatic carbocycles. The van der Waals surface area contributed by atoms with E-state index < -0.39 is 11.9 Å². The first kappa shape index (κ1) is 38.1. The zero-order valence-corrected chi connectivity index (χ0v) is 29.2. The Balaban J connectivity index is 1.13. The van der Waals surface area contributed by atoms with Crippen molar-refractivity contribution in [1.82, 2.24) is 10.9 Å². The van der Waals surface area contributed by atoms with Crippen LogP contribution >= 0.6 is 23.2 Å². The zero-order valence-electron chi connectivity index (χ0n) is 27.7. The second-order valence-corrected chi connectivity index (χ2v) is 11.5. The SMILES string of the molecule is COc1cc(C=NNC(=O)CCCCCC(=O)NN=Cc2ccc(OC(=O)c3ccccc3Cl)c(OC)c2)ccc1OC(=O)c1ccccc1Cl. The van der Waals surface area contributed by atoms with Crippen LogP contribution in [0, 0.1) is 0 Å². The molecule has 0 atom stereocenters. The highest BCUT2D eigenvalue weighted by Gasteiger charge is 2.17. The van der Waals surface area contributed by atoms with Crippen molar-refractivity contribution in [2.24, 2.45) is 10.2 Å². The predicted octanol–water partition coefficient (Wildman–Crippen LogP) is 7.00. The third-order valence-electron chi connectivity index (χ3n) is 7.08. The number of carbonyl (C=O) groups excluding carboxylic acids is 4. The number of hydrazone groups is 2. The molecule has 0 fully saturated rings. The van der Waals surface area contributed by atoms with E-state index in [1.54, 1.807) is 84.9 Å². The lowest BCUT2D eigenvalue weighted by molar-refractivity contribution is -0.121. The smallest absolute Gasteiger partial charge is 0.345 e. The van der Waals surface area contributed by atoms with Crippen molar-refractivity contribution >= 4 is 59.4 Å². The third-order valence-corrected chi connectivity index (χ3v) is 7.74. The Labute approximate surface area is 304 Å². The molecule has 0 aromatic heterocycles. The summed E-state index contributed by atoms with van der Waals surface area (Å²) in [7, 11) is 2.87. The Morgan fingerprint density at radius 2 is 1.00 bits per heavy atom. The van der Waals surface area contributed by atoms with E-state index in [9.17, 15) is 19.2 Å². The maximum absolute atomic E-state index is 12.5. The lowest BCUT2D eigenvalue weighted by atomic mass is 10.1. The van der Waals surface area contributed by atoms with Gasteiger partial charge in [-0.05, 0) is 84.6 Å². The van der Waals surface area contributed by atoms with Crippen LogP contribution in [0.2, 0.25) is 10.0 Å². The van der Waals surface area contributed by atoms with E-state index in [1.165, 1.54) is 26.6 Å². The summed E-state index contributed by atoms with van der Waals surface area (Å²) in [6.45, 7) is 0. The summed E-state index contributed by atoms with van der Waals surface area (Å²) in [5.41, 5.74) is 6.59. The highest BCUT2D eigenvalue weighted by atomic mass is 35.5. The molecule has 4 rings (SSSR count). The van der Waals surface area contributed by atoms with E-state index >= 15 is 0 Å². The number of ether oxygens (including phenoxy) is 4. The normalized spacial score (nSPS) is 10.9. The van der Waals surface area contributed by atoms with Gasteiger partial charge in [-0.25, -0.2) is 20.4 Å². The number of esters is 2. The van der Waals surface area contributed by atoms with Gasteiger partial charge in [0.25, 0.3) is 0 Å². The van der Waals surface area contributed by atoms with E-state index in [-0.39, 0.29) is 57.3 Å². The molecule has 4 aromatic carbocycles. The number of carbonyl (C=O) groups is 4. The van der Waals surface area contributed by atoms with Gasteiger partial charge in [0.1, 0.15) is 0 Å². The van der Waals surface area contributed by atoms with Gasteiger partial charge in [0.05, 0.1) is 47.8 Å². The molecular weight excluding hydrogens is 699 g/mol. The van der Waals surface area contributed by atoms with E-state index in [4.69, 9.17) is 42.1 Å². The van der Waals surface area contributed by atoms with Gasteiger partial charge in [-0.15, -0.1) is 0 Å². The minimum absolute atomic E-state index is 0.201. The summed E-state index contributed by atoms with van der Waals surface area (Å²) in [5.74, 6) is -0.817. The van der Waals surface area contributed by atoms with Crippen molar-refractivity contribution in [3.8, 4) is 23.0 Å². The fraction of sp³-hybridized carbons (Fsp3) is 0.189. The quantitative estimate of drug-likeness (QED) is 0.0411. The van der Waals surface area contributed by atoms with Gasteiger partial charge >= 0.3 is 11.9 Å². The van der Waals surface area contributed by atoms with Crippen LogP contribution in [0.3, 0.4) is 0 Å². The highest BCUT2D eigenvalue weighted by molar-refractivity contribution is 6.34. The molecule has 0 aliphatic heterocycles. The monoisotopic (exact) mass is 732 g/mol. The summed E-state index contributed by atoms with van der Waals surface area (Å²) < 4.78 is 21.5. The van der Waals surface area contributed by atoms with E-state index in [2.05, 4.69) is 21.1 Å². The van der Waals surface area contributed by atoms with E-state index in [1.807, 2.05) is 0 Å². The Bertz CT molecular complexity index is 1800. The summed E-state index contributed by atoms with van der Waals surface area (Å²) >= 11 is 12.2. The van der Waals surface area contributed by atoms with Crippen molar-refractivity contribution in [1.29, 1.82) is 0 Å². The van der Waals surface area contributed by atoms with Crippen molar-refractivity contribution in [3.05, 3.63) is 117 Å². The second-order valence-electron chi connectivity index (χ2n) is 10.7. The summed E-state index contributed by atoms with van der Waals surface area (Å²) in [6.07, 6.45) is 5.09. The molecule has 12 nitrogen and oxygen atoms in total. The van der Waals surface area contributed by atoms with Gasteiger partial charge in [-0.2, -0.15) is 10.2 Å². The topological polar surface area (TPSA) is 154 Å². The van der Waals surface area contributed by atoms with Crippen molar-refractivity contribution < 1.29 is 38.1 Å². The number of unbranched alkanes of at least 4 members (excludes halogenated alkanes) is 2. The largest absolute Gasteiger partial charge is 0.493 e. The number of rotatable bonds is 16. The van der Waals surface area contributed by atoms with Gasteiger partial charge < -0.3 is 18.9 Å². The van der Waals surface area contributed by atoms with Crippen LogP contribution in [0.5, 0.6) is 23.0 Å². The van der Waals surface area contributed by atoms with Crippen molar-refractivity contribution in [2.45, 2.75) is 32.1 Å². The molecule has 0 spiro atoms. The van der Waals surface area contributed by atoms with Crippen LogP contribution in [0.15, 0.2) is 95.1 Å². The first-order valence-electron chi connectivity index (χ1n) is 15.6. The maximum atomic E-state index is 12.5. The van der Waals surface area contributed by atoms with Gasteiger partial charge in [0.15, 0.2) is 23.0 Å². The molecule has 0 unspecified atom stereocenters. The number of hydrogen-bond donors (Lipinski definition) is 2. The van der Waals surface area contributed by atoms with Crippen LogP contribution < -0.4 is 29.8 Å². The maximum Gasteiger partial charge on any atom is 0.345 e. The molecule has 14 heteroatoms. The minimum Gasteiger partial charge on any atom is -0.493 e. The molecule has 0 saturated heterocycles. The van der Waals surface area contributed by atoms with Gasteiger partial charge in [-0.1, -0.05) is 53.9 Å². The zero-order chi connectivity index (χ0) is 36.6. The number of hydrogen-bond acceptors (Lipinski definition) is 10. The number of nitrogens with zero attached hydrogens (tertiary/aromatic N) is 2. The lowest BCUT2D eigenvalue weighted by Gasteiger charge is -2.10. The molecule has 0 radical (unpaired) electrons. The number of benzene rings is 4. The Morgan fingerprint density at radius 3 is 1.39 bits per heavy atom. The van der Waals surface area contributed by atoms with Crippen LogP contribution in [0.1, 0.15) is 63.9 Å². The summed E-state index contributed by atoms with van der Waals surface area (Å²) in [5, 5.41) is 8.50. The molecule has 0 heterocycles. The third kappa shape index (κ3) is 11.7. The predicted molar refractivity (Wildman–Crippen MR) is 193 cm³/mol. The number of amides is 2. The number of halogens is 2. The van der Waals surface area contributed by atoms with Crippen LogP contribution in [-0.4, -0.2) is 50.4 Å². The van der Waals surface area contributed by atoms with Gasteiger partial charge in [-0.3, -0.25) is 9.59 Å². The number of methoxy groups -OCH3 is 2. The Kier molecular flexibility index (Phi) is 14.5. The van der Waals surface area contributed by atoms with Crippen molar-refractivity contribution in [3.63, 3.8) is 0 Å². The molecule has 0 aliphatic rings. The van der Waals surface area contributed by atoms with Crippen LogP contribution in [0.4, 0.5) is 0 Å². The summed E-state index contributed by atoms with van der Waals surface area (Å²) in [6, 6.07) is 22.7. The molecule has 2 amide bonds. The Hall–Kier alpha value is -5.72. The molecule has 264 valence electrons. The van der Waals surface area contributed by atoms with Crippen LogP contribution in [0.25, 0.3) is 0 Å². The van der Waals surface area contributed by atoms with E-state index in [0.29, 0.717) is 41.9 Å². The fourth-order valence-electron chi connectivity index (χ4n) is 4.48. The molecular formula is C37H34Cl2N4O8. The molecule has 0 bridgehead atoms. The molecule has 0 saturated carbocycles. The lowest BCUT2D eigenvalue weighted by Crippen LogP contribution is -2.18. The first-order valence-corrected chi connectivity index (χ1v) is 16.4. The van der Waals surface area contributed by atoms with Crippen molar-refractivity contribution in [2.75, 3.05) is 14.2 Å². The molecule has 4 aromatic rings. The van der Waals surface area contributed by atoms with Crippen LogP contribution in [-0.2, 0) is 9.59 Å². The standard InChI is InChI=1S/C37H34Cl2N4O8/c1-48-32-20-24(16-18-30(32)50-36(46)26-10-6-8-12-28(26)38)22-40-42-34(44)14-4-3-5-15-35(45)43-41-23-25-17-19-31(33(21-25)49-2)51-37(47)27-11-7-9-13-29(27)39/h6-13,16-23H,3-5,14-15H2,1-2H3,(H,42,44)(H,43,45). The average Bonchev–Trinajstić information content (AvgIpc) is 3.12. The average molecular weight is 734 g/mol. The highest BCUT2D eigenvalue weighted by Crippen LogP contribution is 2.30. The first-order chi connectivity index (χ1) is 24.7. The summed E-state index contributed by atoms with van der Waals surface area (Å²) in [4.78, 5) is 49.4.